The molecule has 0 amide bonds. The lowest BCUT2D eigenvalue weighted by molar-refractivity contribution is -0.145. The molecule has 1 aromatic heterocycles. The molecule has 3 heterocycles. The summed E-state index contributed by atoms with van der Waals surface area (Å²) in [7, 11) is 0. The molecule has 0 radical (unpaired) electrons. The van der Waals surface area contributed by atoms with Crippen LogP contribution in [0.25, 0.3) is 0 Å². The lowest BCUT2D eigenvalue weighted by Crippen LogP contribution is -2.44. The number of aromatic amines is 1. The van der Waals surface area contributed by atoms with Crippen molar-refractivity contribution in [2.45, 2.75) is 51.2 Å². The molecule has 5 nitrogen and oxygen atoms in total. The number of ether oxygens (including phenoxy) is 1. The Balaban J connectivity index is 1.70. The highest BCUT2D eigenvalue weighted by molar-refractivity contribution is 5.78. The van der Waals surface area contributed by atoms with E-state index >= 15 is 0 Å². The maximum Gasteiger partial charge on any atom is 0.323 e. The number of hydrogen-bond donors (Lipinski definition) is 1. The second-order valence-electron chi connectivity index (χ2n) is 5.81. The van der Waals surface area contributed by atoms with Crippen molar-refractivity contribution in [3.05, 3.63) is 17.5 Å². The zero-order valence-corrected chi connectivity index (χ0v) is 11.6. The summed E-state index contributed by atoms with van der Waals surface area (Å²) in [5, 5.41) is 7.37. The standard InChI is InChI=1S/C14H21N3O2/c1-9-6-12(16-15-9)11-4-3-5-17(8-11)13-7-10(2)19-14(13)18/h6,10-11,13H,3-5,7-8H2,1-2H3,(H,15,16)/t10-,11+,13-/m0/s1. The maximum absolute atomic E-state index is 11.8. The molecule has 0 unspecified atom stereocenters. The minimum absolute atomic E-state index is 0.0437. The third-order valence-corrected chi connectivity index (χ3v) is 4.18. The van der Waals surface area contributed by atoms with Crippen molar-refractivity contribution in [1.82, 2.24) is 15.1 Å². The number of carbonyl (C=O) groups excluding carboxylic acids is 1. The van der Waals surface area contributed by atoms with Crippen molar-refractivity contribution in [2.24, 2.45) is 0 Å². The number of aromatic nitrogens is 2. The number of esters is 1. The van der Waals surface area contributed by atoms with Gasteiger partial charge in [0.1, 0.15) is 12.1 Å². The van der Waals surface area contributed by atoms with Crippen LogP contribution >= 0.6 is 0 Å². The Morgan fingerprint density at radius 3 is 3.00 bits per heavy atom. The fourth-order valence-electron chi connectivity index (χ4n) is 3.21. The summed E-state index contributed by atoms with van der Waals surface area (Å²) in [4.78, 5) is 14.1. The Hall–Kier alpha value is -1.36. The van der Waals surface area contributed by atoms with Crippen LogP contribution in [0.1, 0.15) is 43.5 Å². The van der Waals surface area contributed by atoms with E-state index < -0.39 is 0 Å². The van der Waals surface area contributed by atoms with Crippen LogP contribution in [-0.2, 0) is 9.53 Å². The lowest BCUT2D eigenvalue weighted by Gasteiger charge is -2.34. The quantitative estimate of drug-likeness (QED) is 0.823. The molecule has 0 spiro atoms. The van der Waals surface area contributed by atoms with Gasteiger partial charge in [-0.05, 0) is 39.3 Å². The van der Waals surface area contributed by atoms with Crippen molar-refractivity contribution < 1.29 is 9.53 Å². The molecule has 19 heavy (non-hydrogen) atoms. The summed E-state index contributed by atoms with van der Waals surface area (Å²) in [5.41, 5.74) is 2.22. The summed E-state index contributed by atoms with van der Waals surface area (Å²) in [6, 6.07) is 2.07. The van der Waals surface area contributed by atoms with E-state index in [2.05, 4.69) is 21.2 Å². The van der Waals surface area contributed by atoms with Crippen LogP contribution in [0, 0.1) is 6.92 Å². The number of piperidine rings is 1. The van der Waals surface area contributed by atoms with Gasteiger partial charge in [-0.2, -0.15) is 5.10 Å². The Morgan fingerprint density at radius 1 is 1.53 bits per heavy atom. The summed E-state index contributed by atoms with van der Waals surface area (Å²) in [6.07, 6.45) is 3.16. The molecule has 0 aliphatic carbocycles. The van der Waals surface area contributed by atoms with Crippen LogP contribution in [-0.4, -0.2) is 46.3 Å². The van der Waals surface area contributed by atoms with E-state index in [0.29, 0.717) is 5.92 Å². The fourth-order valence-corrected chi connectivity index (χ4v) is 3.21. The van der Waals surface area contributed by atoms with E-state index in [1.54, 1.807) is 0 Å². The first kappa shape index (κ1) is 12.7. The van der Waals surface area contributed by atoms with Gasteiger partial charge in [-0.3, -0.25) is 14.8 Å². The zero-order valence-electron chi connectivity index (χ0n) is 11.6. The molecule has 3 rings (SSSR count). The molecule has 3 atom stereocenters. The number of cyclic esters (lactones) is 1. The van der Waals surface area contributed by atoms with Gasteiger partial charge in [0.15, 0.2) is 0 Å². The van der Waals surface area contributed by atoms with E-state index in [9.17, 15) is 4.79 Å². The van der Waals surface area contributed by atoms with E-state index in [-0.39, 0.29) is 18.1 Å². The normalized spacial score (nSPS) is 32.5. The Morgan fingerprint density at radius 2 is 2.37 bits per heavy atom. The van der Waals surface area contributed by atoms with Crippen molar-refractivity contribution in [1.29, 1.82) is 0 Å². The highest BCUT2D eigenvalue weighted by atomic mass is 16.6. The SMILES string of the molecule is Cc1cc([C@@H]2CCCN([C@H]3C[C@H](C)OC3=O)C2)n[nH]1. The van der Waals surface area contributed by atoms with E-state index in [0.717, 1.165) is 43.7 Å². The number of rotatable bonds is 2. The molecule has 1 aromatic rings. The Bertz CT molecular complexity index is 471. The van der Waals surface area contributed by atoms with Gasteiger partial charge in [-0.25, -0.2) is 0 Å². The molecule has 2 fully saturated rings. The lowest BCUT2D eigenvalue weighted by atomic mass is 9.93. The van der Waals surface area contributed by atoms with Crippen LogP contribution in [0.15, 0.2) is 6.07 Å². The zero-order chi connectivity index (χ0) is 13.4. The molecule has 5 heteroatoms. The third-order valence-electron chi connectivity index (χ3n) is 4.18. The summed E-state index contributed by atoms with van der Waals surface area (Å²) < 4.78 is 5.27. The number of nitrogens with one attached hydrogen (secondary N) is 1. The van der Waals surface area contributed by atoms with Crippen LogP contribution < -0.4 is 0 Å². The van der Waals surface area contributed by atoms with Crippen LogP contribution in [0.2, 0.25) is 0 Å². The second-order valence-corrected chi connectivity index (χ2v) is 5.81. The highest BCUT2D eigenvalue weighted by Crippen LogP contribution is 2.30. The van der Waals surface area contributed by atoms with Crippen molar-refractivity contribution in [2.75, 3.05) is 13.1 Å². The largest absolute Gasteiger partial charge is 0.461 e. The van der Waals surface area contributed by atoms with Gasteiger partial charge < -0.3 is 4.74 Å². The monoisotopic (exact) mass is 263 g/mol. The van der Waals surface area contributed by atoms with Gasteiger partial charge >= 0.3 is 5.97 Å². The van der Waals surface area contributed by atoms with Crippen LogP contribution in [0.3, 0.4) is 0 Å². The van der Waals surface area contributed by atoms with Gasteiger partial charge in [-0.15, -0.1) is 0 Å². The maximum atomic E-state index is 11.8. The molecule has 0 saturated carbocycles. The predicted molar refractivity (Wildman–Crippen MR) is 70.8 cm³/mol. The smallest absolute Gasteiger partial charge is 0.323 e. The average Bonchev–Trinajstić information content (AvgIpc) is 2.96. The molecule has 0 aromatic carbocycles. The molecule has 104 valence electrons. The fraction of sp³-hybridized carbons (Fsp3) is 0.714. The molecular formula is C14H21N3O2. The Kier molecular flexibility index (Phi) is 3.31. The predicted octanol–water partition coefficient (Wildman–Crippen LogP) is 1.60. The van der Waals surface area contributed by atoms with Gasteiger partial charge in [-0.1, -0.05) is 0 Å². The average molecular weight is 263 g/mol. The number of H-pyrrole nitrogens is 1. The summed E-state index contributed by atoms with van der Waals surface area (Å²) in [5.74, 6) is 0.383. The number of likely N-dealkylation sites (tertiary alicyclic amines) is 1. The molecule has 2 saturated heterocycles. The first-order valence-corrected chi connectivity index (χ1v) is 7.10. The van der Waals surface area contributed by atoms with Gasteiger partial charge in [0.05, 0.1) is 5.69 Å². The van der Waals surface area contributed by atoms with Crippen LogP contribution in [0.5, 0.6) is 0 Å². The topological polar surface area (TPSA) is 58.2 Å². The van der Waals surface area contributed by atoms with Gasteiger partial charge in [0, 0.05) is 24.6 Å². The van der Waals surface area contributed by atoms with E-state index in [1.807, 2.05) is 13.8 Å². The van der Waals surface area contributed by atoms with Crippen LogP contribution in [0.4, 0.5) is 0 Å². The Labute approximate surface area is 113 Å². The number of aryl methyl sites for hydroxylation is 1. The van der Waals surface area contributed by atoms with Crippen molar-refractivity contribution in [3.8, 4) is 0 Å². The van der Waals surface area contributed by atoms with E-state index in [4.69, 9.17) is 4.74 Å². The number of nitrogens with zero attached hydrogens (tertiary/aromatic N) is 2. The number of carbonyl (C=O) groups is 1. The summed E-state index contributed by atoms with van der Waals surface area (Å²) >= 11 is 0. The highest BCUT2D eigenvalue weighted by Gasteiger charge is 2.38. The molecular weight excluding hydrogens is 242 g/mol. The minimum atomic E-state index is -0.0497. The first-order chi connectivity index (χ1) is 9.13. The molecule has 2 aliphatic rings. The van der Waals surface area contributed by atoms with Crippen molar-refractivity contribution >= 4 is 5.97 Å². The van der Waals surface area contributed by atoms with E-state index in [1.165, 1.54) is 0 Å². The summed E-state index contributed by atoms with van der Waals surface area (Å²) in [6.45, 7) is 5.90. The molecule has 0 bridgehead atoms. The van der Waals surface area contributed by atoms with Gasteiger partial charge in [0.25, 0.3) is 0 Å². The second kappa shape index (κ2) is 4.96. The molecule has 2 aliphatic heterocycles. The first-order valence-electron chi connectivity index (χ1n) is 7.10. The third kappa shape index (κ3) is 2.52. The number of hydrogen-bond acceptors (Lipinski definition) is 4. The molecule has 1 N–H and O–H groups in total. The van der Waals surface area contributed by atoms with Gasteiger partial charge in [0.2, 0.25) is 0 Å². The van der Waals surface area contributed by atoms with Crippen molar-refractivity contribution in [3.63, 3.8) is 0 Å². The minimum Gasteiger partial charge on any atom is -0.461 e.